The maximum Gasteiger partial charge on any atom is 0.274 e. The molecule has 0 aliphatic rings. The summed E-state index contributed by atoms with van der Waals surface area (Å²) in [6.45, 7) is 3.61. The van der Waals surface area contributed by atoms with E-state index >= 15 is 0 Å². The smallest absolute Gasteiger partial charge is 0.274 e. The van der Waals surface area contributed by atoms with Gasteiger partial charge in [-0.15, -0.1) is 4.33 Å². The quantitative estimate of drug-likeness (QED) is 0.0607. The zero-order valence-corrected chi connectivity index (χ0v) is 22.8. The Balaban J connectivity index is 1.67. The van der Waals surface area contributed by atoms with Crippen LogP contribution in [0.15, 0.2) is 60.7 Å². The van der Waals surface area contributed by atoms with Gasteiger partial charge < -0.3 is 5.11 Å². The van der Waals surface area contributed by atoms with Crippen LogP contribution in [0, 0.1) is 0 Å². The lowest BCUT2D eigenvalue weighted by Gasteiger charge is -2.27. The van der Waals surface area contributed by atoms with Crippen LogP contribution in [0.2, 0.25) is 0 Å². The molecule has 0 saturated carbocycles. The lowest BCUT2D eigenvalue weighted by Crippen LogP contribution is -2.32. The van der Waals surface area contributed by atoms with E-state index in [2.05, 4.69) is 5.04 Å². The second-order valence-electron chi connectivity index (χ2n) is 9.75. The summed E-state index contributed by atoms with van der Waals surface area (Å²) in [6.07, 6.45) is 7.21. The molecule has 9 heteroatoms. The highest BCUT2D eigenvalue weighted by atomic mass is 32.2. The van der Waals surface area contributed by atoms with Gasteiger partial charge in [-0.05, 0) is 50.7 Å². The standard InChI is InChI=1S/C27H40O7S2/c1-26(35-34-33-29,23-15-7-3-8-16-23)21-13-5-11-19-25(28)20-12-6-14-22-27(2,36(30,31)32)24-17-9-4-10-18-24/h3-4,7-10,15-18,25,28-29H,5-6,11-14,19-22H2,1-2H3,(H,30,31,32). The highest BCUT2D eigenvalue weighted by Gasteiger charge is 2.39. The van der Waals surface area contributed by atoms with Gasteiger partial charge in [-0.25, -0.2) is 5.26 Å². The lowest BCUT2D eigenvalue weighted by atomic mass is 9.92. The van der Waals surface area contributed by atoms with E-state index < -0.39 is 14.9 Å². The molecule has 2 rings (SSSR count). The molecule has 0 amide bonds. The van der Waals surface area contributed by atoms with Crippen molar-refractivity contribution in [3.63, 3.8) is 0 Å². The first-order chi connectivity index (χ1) is 17.1. The third-order valence-corrected chi connectivity index (χ3v) is 9.48. The van der Waals surface area contributed by atoms with Gasteiger partial charge in [-0.3, -0.25) is 4.55 Å². The Morgan fingerprint density at radius 3 is 1.81 bits per heavy atom. The lowest BCUT2D eigenvalue weighted by molar-refractivity contribution is -0.432. The number of benzene rings is 2. The first-order valence-corrected chi connectivity index (χ1v) is 14.7. The summed E-state index contributed by atoms with van der Waals surface area (Å²) in [5, 5.41) is 22.8. The molecule has 0 aliphatic carbocycles. The summed E-state index contributed by atoms with van der Waals surface area (Å²) in [5.74, 6) is 0. The van der Waals surface area contributed by atoms with Crippen molar-refractivity contribution in [1.82, 2.24) is 0 Å². The average molecular weight is 541 g/mol. The molecule has 2 aromatic carbocycles. The van der Waals surface area contributed by atoms with Crippen molar-refractivity contribution in [2.45, 2.75) is 93.7 Å². The van der Waals surface area contributed by atoms with Crippen molar-refractivity contribution in [3.8, 4) is 0 Å². The van der Waals surface area contributed by atoms with E-state index in [0.29, 0.717) is 24.8 Å². The van der Waals surface area contributed by atoms with Crippen LogP contribution in [-0.2, 0) is 29.0 Å². The minimum absolute atomic E-state index is 0.329. The Hall–Kier alpha value is -1.46. The van der Waals surface area contributed by atoms with Gasteiger partial charge in [0.05, 0.1) is 10.9 Å². The fourth-order valence-corrected chi connectivity index (χ4v) is 5.99. The largest absolute Gasteiger partial charge is 0.393 e. The molecule has 3 N–H and O–H groups in total. The van der Waals surface area contributed by atoms with E-state index in [1.54, 1.807) is 31.2 Å². The summed E-state index contributed by atoms with van der Waals surface area (Å²) >= 11 is 1.08. The highest BCUT2D eigenvalue weighted by molar-refractivity contribution is 7.95. The molecule has 0 aromatic heterocycles. The molecule has 3 atom stereocenters. The second kappa shape index (κ2) is 15.1. The Labute approximate surface area is 220 Å². The van der Waals surface area contributed by atoms with Gasteiger partial charge >= 0.3 is 0 Å². The molecule has 0 aliphatic heterocycles. The molecule has 0 spiro atoms. The van der Waals surface area contributed by atoms with E-state index in [-0.39, 0.29) is 10.9 Å². The minimum atomic E-state index is -4.25. The zero-order valence-electron chi connectivity index (χ0n) is 21.2. The molecule has 3 unspecified atom stereocenters. The SMILES string of the molecule is CC(CCCCCC(O)CCCCCC(C)(c1ccccc1)S(=O)(=O)O)(SOOO)c1ccccc1. The van der Waals surface area contributed by atoms with Crippen molar-refractivity contribution < 1.29 is 32.7 Å². The van der Waals surface area contributed by atoms with E-state index in [9.17, 15) is 18.1 Å². The zero-order chi connectivity index (χ0) is 26.5. The van der Waals surface area contributed by atoms with Gasteiger partial charge in [0.25, 0.3) is 10.1 Å². The van der Waals surface area contributed by atoms with Gasteiger partial charge in [0.1, 0.15) is 4.75 Å². The van der Waals surface area contributed by atoms with Crippen LogP contribution in [0.5, 0.6) is 0 Å². The van der Waals surface area contributed by atoms with Gasteiger partial charge in [0.15, 0.2) is 0 Å². The van der Waals surface area contributed by atoms with E-state index in [1.807, 2.05) is 43.3 Å². The molecule has 36 heavy (non-hydrogen) atoms. The first-order valence-electron chi connectivity index (χ1n) is 12.5. The van der Waals surface area contributed by atoms with Crippen LogP contribution in [0.1, 0.15) is 89.2 Å². The van der Waals surface area contributed by atoms with Crippen LogP contribution < -0.4 is 0 Å². The molecular weight excluding hydrogens is 500 g/mol. The van der Waals surface area contributed by atoms with Crippen molar-refractivity contribution in [1.29, 1.82) is 0 Å². The molecule has 2 aromatic rings. The summed E-state index contributed by atoms with van der Waals surface area (Å²) < 4.78 is 37.1. The van der Waals surface area contributed by atoms with Crippen LogP contribution in [-0.4, -0.2) is 29.4 Å². The number of unbranched alkanes of at least 4 members (excludes halogenated alkanes) is 4. The summed E-state index contributed by atoms with van der Waals surface area (Å²) in [6, 6.07) is 18.8. The predicted molar refractivity (Wildman–Crippen MR) is 144 cm³/mol. The van der Waals surface area contributed by atoms with Gasteiger partial charge in [0, 0.05) is 12.0 Å². The number of aliphatic hydroxyl groups is 1. The number of hydrogen-bond donors (Lipinski definition) is 3. The molecule has 0 radical (unpaired) electrons. The fraction of sp³-hybridized carbons (Fsp3) is 0.556. The third-order valence-electron chi connectivity index (χ3n) is 6.97. The van der Waals surface area contributed by atoms with Crippen LogP contribution in [0.4, 0.5) is 0 Å². The van der Waals surface area contributed by atoms with Gasteiger partial charge in [-0.1, -0.05) is 104 Å². The van der Waals surface area contributed by atoms with E-state index in [4.69, 9.17) is 9.59 Å². The summed E-state index contributed by atoms with van der Waals surface area (Å²) in [4.78, 5) is 0. The van der Waals surface area contributed by atoms with Crippen molar-refractivity contribution in [3.05, 3.63) is 71.8 Å². The Morgan fingerprint density at radius 1 is 0.806 bits per heavy atom. The maximum atomic E-state index is 12.1. The molecule has 7 nitrogen and oxygen atoms in total. The van der Waals surface area contributed by atoms with Crippen molar-refractivity contribution in [2.75, 3.05) is 0 Å². The molecular formula is C27H40O7S2. The van der Waals surface area contributed by atoms with Crippen molar-refractivity contribution >= 4 is 22.2 Å². The maximum absolute atomic E-state index is 12.1. The normalized spacial score (nSPS) is 16.2. The Bertz CT molecular complexity index is 972. The Morgan fingerprint density at radius 2 is 1.31 bits per heavy atom. The fourth-order valence-electron chi connectivity index (χ4n) is 4.51. The molecule has 0 saturated heterocycles. The molecule has 202 valence electrons. The van der Waals surface area contributed by atoms with Crippen LogP contribution in [0.3, 0.4) is 0 Å². The molecule has 0 fully saturated rings. The summed E-state index contributed by atoms with van der Waals surface area (Å²) in [5.41, 5.74) is 1.68. The monoisotopic (exact) mass is 540 g/mol. The topological polar surface area (TPSA) is 113 Å². The van der Waals surface area contributed by atoms with Crippen molar-refractivity contribution in [2.24, 2.45) is 0 Å². The highest BCUT2D eigenvalue weighted by Crippen LogP contribution is 2.41. The molecule has 0 heterocycles. The molecule has 0 bridgehead atoms. The number of rotatable bonds is 18. The summed E-state index contributed by atoms with van der Waals surface area (Å²) in [7, 11) is -4.25. The van der Waals surface area contributed by atoms with Gasteiger partial charge in [-0.2, -0.15) is 8.42 Å². The van der Waals surface area contributed by atoms with Gasteiger partial charge in [0.2, 0.25) is 0 Å². The number of hydrogen-bond acceptors (Lipinski definition) is 7. The number of aliphatic hydroxyl groups excluding tert-OH is 1. The minimum Gasteiger partial charge on any atom is -0.393 e. The van der Waals surface area contributed by atoms with Crippen LogP contribution in [0.25, 0.3) is 0 Å². The Kier molecular flexibility index (Phi) is 12.9. The third kappa shape index (κ3) is 9.45. The second-order valence-corrected chi connectivity index (χ2v) is 12.8. The van der Waals surface area contributed by atoms with Crippen LogP contribution >= 0.6 is 12.0 Å². The first kappa shape index (κ1) is 30.8. The van der Waals surface area contributed by atoms with E-state index in [0.717, 1.165) is 62.6 Å². The van der Waals surface area contributed by atoms with E-state index in [1.165, 1.54) is 0 Å². The average Bonchev–Trinajstić information content (AvgIpc) is 2.87. The predicted octanol–water partition coefficient (Wildman–Crippen LogP) is 7.04.